The van der Waals surface area contributed by atoms with Gasteiger partial charge in [0, 0.05) is 0 Å². The minimum Gasteiger partial charge on any atom is -0.726 e. The first-order chi connectivity index (χ1) is 16.7. The van der Waals surface area contributed by atoms with Crippen molar-refractivity contribution in [3.05, 3.63) is 11.6 Å². The summed E-state index contributed by atoms with van der Waals surface area (Å²) in [6, 6.07) is 0. The number of aliphatic hydroxyl groups is 2. The van der Waals surface area contributed by atoms with Gasteiger partial charge in [-0.25, -0.2) is 8.42 Å². The summed E-state index contributed by atoms with van der Waals surface area (Å²) in [5.41, 5.74) is 1.22. The average Bonchev–Trinajstić information content (AvgIpc) is 3.49. The van der Waals surface area contributed by atoms with Crippen molar-refractivity contribution < 1.29 is 61.7 Å². The summed E-state index contributed by atoms with van der Waals surface area (Å²) in [5.74, 6) is 2.63. The van der Waals surface area contributed by atoms with Crippen LogP contribution in [0.3, 0.4) is 0 Å². The van der Waals surface area contributed by atoms with E-state index in [1.54, 1.807) is 0 Å². The van der Waals surface area contributed by atoms with E-state index >= 15 is 0 Å². The van der Waals surface area contributed by atoms with Gasteiger partial charge < -0.3 is 19.5 Å². The summed E-state index contributed by atoms with van der Waals surface area (Å²) in [6.07, 6.45) is 4.60. The minimum atomic E-state index is -5.00. The third kappa shape index (κ3) is 5.07. The molecule has 7 nitrogen and oxygen atoms in total. The van der Waals surface area contributed by atoms with Gasteiger partial charge in [-0.05, 0) is 90.8 Å². The maximum Gasteiger partial charge on any atom is 1.00 e. The fourth-order valence-corrected chi connectivity index (χ4v) is 9.89. The van der Waals surface area contributed by atoms with E-state index in [-0.39, 0.29) is 46.8 Å². The Labute approximate surface area is 245 Å². The van der Waals surface area contributed by atoms with Crippen molar-refractivity contribution in [2.75, 3.05) is 0 Å². The Morgan fingerprint density at radius 1 is 1.05 bits per heavy atom. The van der Waals surface area contributed by atoms with E-state index in [1.807, 2.05) is 0 Å². The largest absolute Gasteiger partial charge is 1.00 e. The molecule has 9 heteroatoms. The second-order valence-electron chi connectivity index (χ2n) is 13.6. The van der Waals surface area contributed by atoms with Crippen molar-refractivity contribution in [2.45, 2.75) is 111 Å². The molecular formula is C28H45NaO7S. The third-order valence-corrected chi connectivity index (χ3v) is 12.2. The molecular weight excluding hydrogens is 503 g/mol. The molecule has 2 N–H and O–H groups in total. The van der Waals surface area contributed by atoms with Crippen molar-refractivity contribution in [1.29, 1.82) is 0 Å². The molecule has 3 saturated carbocycles. The maximum atomic E-state index is 11.5. The number of hydrogen-bond donors (Lipinski definition) is 2. The molecule has 0 spiro atoms. The van der Waals surface area contributed by atoms with Crippen molar-refractivity contribution in [3.8, 4) is 0 Å². The number of hydrogen-bond acceptors (Lipinski definition) is 7. The van der Waals surface area contributed by atoms with Gasteiger partial charge in [-0.1, -0.05) is 53.2 Å². The van der Waals surface area contributed by atoms with Crippen LogP contribution in [0, 0.1) is 52.3 Å². The fraction of sp³-hybridized carbons (Fsp3) is 0.929. The SMILES string of the molecule is CC(C)[C@@H](C)[C@@H]1O[C@H]1[C@@H](C)[C@H]1CC[C@H]2C3=CC[C@H]4[C@H](OS(=O)(=O)[O-])[C@@H](O)[C@H](O)C[C@]4(C)[C@H]3CC[C@]12C.[Na+]. The van der Waals surface area contributed by atoms with E-state index in [0.717, 1.165) is 19.3 Å². The summed E-state index contributed by atoms with van der Waals surface area (Å²) in [6.45, 7) is 13.8. The number of aliphatic hydroxyl groups excluding tert-OH is 2. The Balaban J connectivity index is 0.00000320. The molecule has 4 aliphatic carbocycles. The second kappa shape index (κ2) is 10.4. The molecule has 1 saturated heterocycles. The van der Waals surface area contributed by atoms with E-state index in [2.05, 4.69) is 47.6 Å². The fourth-order valence-electron chi connectivity index (χ4n) is 9.37. The van der Waals surface area contributed by atoms with Crippen LogP contribution >= 0.6 is 0 Å². The molecule has 4 fully saturated rings. The Kier molecular flexibility index (Phi) is 8.56. The van der Waals surface area contributed by atoms with Crippen molar-refractivity contribution >= 4 is 10.4 Å². The van der Waals surface area contributed by atoms with E-state index in [0.29, 0.717) is 54.6 Å². The third-order valence-electron chi connectivity index (χ3n) is 11.7. The molecule has 0 aromatic rings. The smallest absolute Gasteiger partial charge is 0.726 e. The van der Waals surface area contributed by atoms with Crippen LogP contribution in [0.5, 0.6) is 0 Å². The van der Waals surface area contributed by atoms with Gasteiger partial charge in [0.2, 0.25) is 10.4 Å². The molecule has 0 bridgehead atoms. The monoisotopic (exact) mass is 548 g/mol. The number of epoxide rings is 1. The maximum absolute atomic E-state index is 11.5. The summed E-state index contributed by atoms with van der Waals surface area (Å²) in [4.78, 5) is 0. The number of rotatable bonds is 6. The predicted molar refractivity (Wildman–Crippen MR) is 134 cm³/mol. The first-order valence-electron chi connectivity index (χ1n) is 14.0. The van der Waals surface area contributed by atoms with Crippen LogP contribution in [-0.4, -0.2) is 53.7 Å². The van der Waals surface area contributed by atoms with Crippen molar-refractivity contribution in [3.63, 3.8) is 0 Å². The van der Waals surface area contributed by atoms with E-state index in [1.165, 1.54) is 12.0 Å². The Bertz CT molecular complexity index is 1000. The second-order valence-corrected chi connectivity index (χ2v) is 14.7. The van der Waals surface area contributed by atoms with Crippen LogP contribution in [0.25, 0.3) is 0 Å². The molecule has 0 radical (unpaired) electrons. The van der Waals surface area contributed by atoms with Gasteiger partial charge >= 0.3 is 29.6 Å². The van der Waals surface area contributed by atoms with Crippen LogP contribution in [-0.2, 0) is 19.3 Å². The van der Waals surface area contributed by atoms with Gasteiger partial charge in [0.25, 0.3) is 0 Å². The molecule has 0 amide bonds. The van der Waals surface area contributed by atoms with Crippen LogP contribution in [0.15, 0.2) is 11.6 Å². The van der Waals surface area contributed by atoms with E-state index in [4.69, 9.17) is 8.92 Å². The minimum absolute atomic E-state index is 0. The van der Waals surface area contributed by atoms with Crippen LogP contribution in [0.4, 0.5) is 0 Å². The first-order valence-corrected chi connectivity index (χ1v) is 15.4. The van der Waals surface area contributed by atoms with Gasteiger partial charge in [-0.2, -0.15) is 0 Å². The summed E-state index contributed by atoms with van der Waals surface area (Å²) in [7, 11) is -5.00. The quantitative estimate of drug-likeness (QED) is 0.167. The molecule has 0 aromatic carbocycles. The molecule has 5 aliphatic rings. The van der Waals surface area contributed by atoms with E-state index in [9.17, 15) is 23.2 Å². The number of allylic oxidation sites excluding steroid dienone is 2. The van der Waals surface area contributed by atoms with Gasteiger partial charge in [0.1, 0.15) is 12.2 Å². The molecule has 206 valence electrons. The molecule has 13 atom stereocenters. The van der Waals surface area contributed by atoms with Crippen molar-refractivity contribution in [1.82, 2.24) is 0 Å². The van der Waals surface area contributed by atoms with Crippen LogP contribution in [0.2, 0.25) is 0 Å². The van der Waals surface area contributed by atoms with Crippen LogP contribution in [0.1, 0.15) is 80.1 Å². The number of ether oxygens (including phenoxy) is 1. The zero-order valence-corrected chi connectivity index (χ0v) is 26.4. The molecule has 5 rings (SSSR count). The first kappa shape index (κ1) is 30.4. The predicted octanol–water partition coefficient (Wildman–Crippen LogP) is 1.05. The van der Waals surface area contributed by atoms with Gasteiger partial charge in [0.05, 0.1) is 18.3 Å². The molecule has 0 aromatic heterocycles. The molecule has 0 unspecified atom stereocenters. The topological polar surface area (TPSA) is 119 Å². The van der Waals surface area contributed by atoms with Gasteiger partial charge in [-0.3, -0.25) is 4.18 Å². The zero-order chi connectivity index (χ0) is 26.4. The Morgan fingerprint density at radius 2 is 1.70 bits per heavy atom. The number of fused-ring (bicyclic) bond motifs is 5. The summed E-state index contributed by atoms with van der Waals surface area (Å²) in [5, 5.41) is 21.3. The Hall–Kier alpha value is 0.490. The zero-order valence-electron chi connectivity index (χ0n) is 23.6. The standard InChI is InChI=1S/C28H46O7S.Na/c1-14(2)15(3)24-25(34-24)16(4)18-9-10-19-17-7-8-21-26(35-36(31,32)33)23(30)22(29)13-28(21,6)20(17)11-12-27(18,19)5;/h7,14-16,18-26,29-30H,8-13H2,1-6H3,(H,31,32,33);/q;+1/p-1/t15-,16+,18-,19+,20+,21+,22-,23+,24+,25+,26+,27-,28-;/m1./s1. The van der Waals surface area contributed by atoms with E-state index < -0.39 is 34.1 Å². The normalized spacial score (nSPS) is 48.7. The average molecular weight is 549 g/mol. The van der Waals surface area contributed by atoms with Crippen molar-refractivity contribution in [2.24, 2.45) is 52.3 Å². The molecule has 1 aliphatic heterocycles. The summed E-state index contributed by atoms with van der Waals surface area (Å²) >= 11 is 0. The summed E-state index contributed by atoms with van der Waals surface area (Å²) < 4.78 is 45.5. The Morgan fingerprint density at radius 3 is 2.32 bits per heavy atom. The van der Waals surface area contributed by atoms with Gasteiger partial charge in [0.15, 0.2) is 0 Å². The molecule has 37 heavy (non-hydrogen) atoms. The van der Waals surface area contributed by atoms with Gasteiger partial charge in [-0.15, -0.1) is 0 Å². The molecule has 1 heterocycles. The van der Waals surface area contributed by atoms with Crippen LogP contribution < -0.4 is 29.6 Å².